The lowest BCUT2D eigenvalue weighted by atomic mass is 10.1. The molecule has 1 aliphatic rings. The predicted molar refractivity (Wildman–Crippen MR) is 125 cm³/mol. The Bertz CT molecular complexity index is 1190. The van der Waals surface area contributed by atoms with Crippen LogP contribution in [0.5, 0.6) is 0 Å². The highest BCUT2D eigenvalue weighted by Gasteiger charge is 2.36. The molecular weight excluding hydrogens is 459 g/mol. The molecule has 0 bridgehead atoms. The number of benzene rings is 2. The van der Waals surface area contributed by atoms with Crippen molar-refractivity contribution in [2.45, 2.75) is 19.5 Å². The minimum absolute atomic E-state index is 0.158. The van der Waals surface area contributed by atoms with Crippen molar-refractivity contribution >= 4 is 23.3 Å². The first kappa shape index (κ1) is 24.2. The largest absolute Gasteiger partial charge is 0.417 e. The number of hydrogen-bond donors (Lipinski definition) is 1. The summed E-state index contributed by atoms with van der Waals surface area (Å²) >= 11 is 0. The van der Waals surface area contributed by atoms with E-state index < -0.39 is 17.6 Å². The maximum atomic E-state index is 13.3. The van der Waals surface area contributed by atoms with Gasteiger partial charge < -0.3 is 15.1 Å². The van der Waals surface area contributed by atoms with Gasteiger partial charge in [0.05, 0.1) is 11.1 Å². The molecule has 182 valence electrons. The lowest BCUT2D eigenvalue weighted by molar-refractivity contribution is -0.138. The van der Waals surface area contributed by atoms with Crippen molar-refractivity contribution in [2.24, 2.45) is 0 Å². The van der Waals surface area contributed by atoms with Crippen LogP contribution in [-0.2, 0) is 12.6 Å². The fourth-order valence-corrected chi connectivity index (χ4v) is 3.86. The van der Waals surface area contributed by atoms with Crippen LogP contribution >= 0.6 is 0 Å². The number of carbonyl (C=O) groups excluding carboxylic acids is 2. The van der Waals surface area contributed by atoms with Crippen molar-refractivity contribution in [1.82, 2.24) is 15.1 Å². The fourth-order valence-electron chi connectivity index (χ4n) is 3.86. The highest BCUT2D eigenvalue weighted by atomic mass is 19.4. The molecule has 2 aromatic carbocycles. The van der Waals surface area contributed by atoms with Crippen molar-refractivity contribution in [3.05, 3.63) is 83.0 Å². The number of aromatic nitrogens is 2. The molecule has 1 aromatic heterocycles. The number of carbonyl (C=O) groups is 2. The summed E-state index contributed by atoms with van der Waals surface area (Å²) in [5.74, 6) is -0.508. The summed E-state index contributed by atoms with van der Waals surface area (Å²) < 4.78 is 39.8. The second-order valence-corrected chi connectivity index (χ2v) is 8.10. The lowest BCUT2D eigenvalue weighted by Gasteiger charge is -2.35. The Kier molecular flexibility index (Phi) is 6.99. The highest BCUT2D eigenvalue weighted by molar-refractivity contribution is 6.02. The Morgan fingerprint density at radius 2 is 1.60 bits per heavy atom. The van der Waals surface area contributed by atoms with Crippen molar-refractivity contribution in [2.75, 3.05) is 36.4 Å². The van der Waals surface area contributed by atoms with E-state index >= 15 is 0 Å². The molecule has 0 aliphatic carbocycles. The van der Waals surface area contributed by atoms with Crippen LogP contribution in [0.4, 0.5) is 24.7 Å². The average molecular weight is 483 g/mol. The summed E-state index contributed by atoms with van der Waals surface area (Å²) in [6.07, 6.45) is -3.69. The smallest absolute Gasteiger partial charge is 0.352 e. The molecule has 1 saturated heterocycles. The molecular formula is C25H24F3N5O2. The predicted octanol–water partition coefficient (Wildman–Crippen LogP) is 4.27. The van der Waals surface area contributed by atoms with Gasteiger partial charge in [-0.1, -0.05) is 31.2 Å². The Hall–Kier alpha value is -3.95. The van der Waals surface area contributed by atoms with Crippen LogP contribution < -0.4 is 10.2 Å². The third-order valence-electron chi connectivity index (χ3n) is 5.86. The van der Waals surface area contributed by atoms with E-state index in [0.29, 0.717) is 24.6 Å². The van der Waals surface area contributed by atoms with Gasteiger partial charge in [-0.3, -0.25) is 9.59 Å². The van der Waals surface area contributed by atoms with Gasteiger partial charge in [0, 0.05) is 31.9 Å². The minimum Gasteiger partial charge on any atom is -0.352 e. The van der Waals surface area contributed by atoms with Gasteiger partial charge in [-0.15, -0.1) is 10.2 Å². The van der Waals surface area contributed by atoms with Crippen LogP contribution in [0, 0.1) is 0 Å². The topological polar surface area (TPSA) is 78.4 Å². The molecule has 10 heteroatoms. The zero-order chi connectivity index (χ0) is 25.0. The second kappa shape index (κ2) is 10.1. The zero-order valence-corrected chi connectivity index (χ0v) is 19.0. The van der Waals surface area contributed by atoms with Gasteiger partial charge in [-0.2, -0.15) is 13.2 Å². The Labute approximate surface area is 200 Å². The maximum Gasteiger partial charge on any atom is 0.417 e. The summed E-state index contributed by atoms with van der Waals surface area (Å²) in [6, 6.07) is 15.6. The van der Waals surface area contributed by atoms with E-state index in [0.717, 1.165) is 12.5 Å². The number of alkyl halides is 3. The Morgan fingerprint density at radius 1 is 0.914 bits per heavy atom. The van der Waals surface area contributed by atoms with E-state index in [2.05, 4.69) is 22.4 Å². The van der Waals surface area contributed by atoms with Gasteiger partial charge in [-0.25, -0.2) is 0 Å². The van der Waals surface area contributed by atoms with Gasteiger partial charge in [0.15, 0.2) is 11.5 Å². The normalized spacial score (nSPS) is 14.1. The van der Waals surface area contributed by atoms with E-state index in [1.54, 1.807) is 12.1 Å². The van der Waals surface area contributed by atoms with E-state index in [-0.39, 0.29) is 30.3 Å². The quantitative estimate of drug-likeness (QED) is 0.587. The number of nitrogens with one attached hydrogen (secondary N) is 1. The van der Waals surface area contributed by atoms with Gasteiger partial charge in [0.1, 0.15) is 0 Å². The number of rotatable bonds is 5. The molecule has 1 aliphatic heterocycles. The molecule has 2 amide bonds. The van der Waals surface area contributed by atoms with Crippen LogP contribution in [0.3, 0.4) is 0 Å². The van der Waals surface area contributed by atoms with Crippen LogP contribution in [-0.4, -0.2) is 53.1 Å². The summed E-state index contributed by atoms with van der Waals surface area (Å²) in [7, 11) is 0. The minimum atomic E-state index is -4.60. The molecule has 0 saturated carbocycles. The lowest BCUT2D eigenvalue weighted by Crippen LogP contribution is -2.49. The Balaban J connectivity index is 1.36. The van der Waals surface area contributed by atoms with Crippen molar-refractivity contribution < 1.29 is 22.8 Å². The van der Waals surface area contributed by atoms with E-state index in [4.69, 9.17) is 0 Å². The number of aryl methyl sites for hydroxylation is 1. The Morgan fingerprint density at radius 3 is 2.20 bits per heavy atom. The van der Waals surface area contributed by atoms with Crippen LogP contribution in [0.25, 0.3) is 0 Å². The standard InChI is InChI=1S/C25H24F3N5O2/c1-2-17-7-9-18(10-8-17)29-23(34)21-11-12-22(31-30-21)32-13-15-33(16-14-32)24(35)19-5-3-4-6-20(19)25(26,27)28/h3-12H,2,13-16H2,1H3,(H,29,34). The molecule has 0 unspecified atom stereocenters. The summed E-state index contributed by atoms with van der Waals surface area (Å²) in [6.45, 7) is 3.29. The van der Waals surface area contributed by atoms with E-state index in [9.17, 15) is 22.8 Å². The first-order chi connectivity index (χ1) is 16.8. The third kappa shape index (κ3) is 5.59. The van der Waals surface area contributed by atoms with E-state index in [1.807, 2.05) is 29.2 Å². The van der Waals surface area contributed by atoms with Crippen LogP contribution in [0.1, 0.15) is 38.9 Å². The number of halogens is 3. The summed E-state index contributed by atoms with van der Waals surface area (Å²) in [5.41, 5.74) is 0.691. The molecule has 1 fully saturated rings. The van der Waals surface area contributed by atoms with Crippen molar-refractivity contribution in [3.63, 3.8) is 0 Å². The monoisotopic (exact) mass is 483 g/mol. The molecule has 4 rings (SSSR count). The number of piperazine rings is 1. The number of amides is 2. The van der Waals surface area contributed by atoms with Gasteiger partial charge >= 0.3 is 6.18 Å². The van der Waals surface area contributed by atoms with Gasteiger partial charge in [0.25, 0.3) is 11.8 Å². The number of hydrogen-bond acceptors (Lipinski definition) is 5. The molecule has 3 aromatic rings. The molecule has 0 spiro atoms. The second-order valence-electron chi connectivity index (χ2n) is 8.10. The molecule has 35 heavy (non-hydrogen) atoms. The molecule has 1 N–H and O–H groups in total. The molecule has 7 nitrogen and oxygen atoms in total. The fraction of sp³-hybridized carbons (Fsp3) is 0.280. The summed E-state index contributed by atoms with van der Waals surface area (Å²) in [5, 5.41) is 10.9. The van der Waals surface area contributed by atoms with Crippen LogP contribution in [0.2, 0.25) is 0 Å². The van der Waals surface area contributed by atoms with Gasteiger partial charge in [-0.05, 0) is 48.4 Å². The zero-order valence-electron chi connectivity index (χ0n) is 19.0. The highest BCUT2D eigenvalue weighted by Crippen LogP contribution is 2.32. The first-order valence-corrected chi connectivity index (χ1v) is 11.2. The average Bonchev–Trinajstić information content (AvgIpc) is 2.88. The number of anilines is 2. The maximum absolute atomic E-state index is 13.3. The third-order valence-corrected chi connectivity index (χ3v) is 5.86. The number of nitrogens with zero attached hydrogens (tertiary/aromatic N) is 4. The first-order valence-electron chi connectivity index (χ1n) is 11.2. The van der Waals surface area contributed by atoms with Crippen molar-refractivity contribution in [1.29, 1.82) is 0 Å². The molecule has 0 atom stereocenters. The SMILES string of the molecule is CCc1ccc(NC(=O)c2ccc(N3CCN(C(=O)c4ccccc4C(F)(F)F)CC3)nn2)cc1. The molecule has 0 radical (unpaired) electrons. The van der Waals surface area contributed by atoms with Crippen molar-refractivity contribution in [3.8, 4) is 0 Å². The summed E-state index contributed by atoms with van der Waals surface area (Å²) in [4.78, 5) is 28.5. The molecule has 2 heterocycles. The van der Waals surface area contributed by atoms with Gasteiger partial charge in [0.2, 0.25) is 0 Å². The van der Waals surface area contributed by atoms with E-state index in [1.165, 1.54) is 28.7 Å². The van der Waals surface area contributed by atoms with Crippen LogP contribution in [0.15, 0.2) is 60.7 Å².